The summed E-state index contributed by atoms with van der Waals surface area (Å²) < 4.78 is 31.0. The van der Waals surface area contributed by atoms with E-state index in [4.69, 9.17) is 0 Å². The van der Waals surface area contributed by atoms with Crippen LogP contribution in [0, 0.1) is 11.6 Å². The van der Waals surface area contributed by atoms with Gasteiger partial charge in [0.2, 0.25) is 0 Å². The van der Waals surface area contributed by atoms with Gasteiger partial charge in [0, 0.05) is 5.56 Å². The minimum Gasteiger partial charge on any atom is -0.448 e. The van der Waals surface area contributed by atoms with Crippen molar-refractivity contribution in [1.29, 1.82) is 0 Å². The van der Waals surface area contributed by atoms with Gasteiger partial charge in [0.1, 0.15) is 6.61 Å². The standard InChI is InChI=1S/C11H11F2NO3/c12-8-3-1-2-7(10(8)13)9(15)6-14-4-5-17-11(14)16/h1-3,9,15H,4-6H2. The maximum Gasteiger partial charge on any atom is 0.410 e. The number of halogens is 2. The van der Waals surface area contributed by atoms with Crippen molar-refractivity contribution in [3.63, 3.8) is 0 Å². The van der Waals surface area contributed by atoms with Gasteiger partial charge in [-0.1, -0.05) is 12.1 Å². The van der Waals surface area contributed by atoms with E-state index in [-0.39, 0.29) is 18.7 Å². The number of hydrogen-bond acceptors (Lipinski definition) is 3. The first kappa shape index (κ1) is 11.8. The average Bonchev–Trinajstić information content (AvgIpc) is 2.68. The molecule has 1 aliphatic rings. The largest absolute Gasteiger partial charge is 0.448 e. The molecule has 6 heteroatoms. The summed E-state index contributed by atoms with van der Waals surface area (Å²) in [5.74, 6) is -2.11. The number of aliphatic hydroxyl groups is 1. The Balaban J connectivity index is 2.11. The van der Waals surface area contributed by atoms with Gasteiger partial charge in [-0.05, 0) is 6.07 Å². The Kier molecular flexibility index (Phi) is 3.23. The molecule has 2 rings (SSSR count). The number of benzene rings is 1. The number of β-amino-alcohol motifs (C(OH)–C–C–N with tert-alkyl or cyclic N) is 1. The topological polar surface area (TPSA) is 49.8 Å². The molecule has 1 N–H and O–H groups in total. The van der Waals surface area contributed by atoms with E-state index in [0.29, 0.717) is 6.54 Å². The Hall–Kier alpha value is -1.69. The minimum absolute atomic E-state index is 0.112. The normalized spacial score (nSPS) is 17.1. The molecule has 1 heterocycles. The van der Waals surface area contributed by atoms with Gasteiger partial charge in [-0.15, -0.1) is 0 Å². The molecular formula is C11H11F2NO3. The van der Waals surface area contributed by atoms with Gasteiger partial charge in [-0.25, -0.2) is 13.6 Å². The van der Waals surface area contributed by atoms with Crippen molar-refractivity contribution < 1.29 is 23.4 Å². The molecule has 1 aromatic rings. The lowest BCUT2D eigenvalue weighted by molar-refractivity contribution is 0.116. The lowest BCUT2D eigenvalue weighted by Gasteiger charge is -2.18. The molecule has 0 aromatic heterocycles. The molecule has 1 fully saturated rings. The second-order valence-electron chi connectivity index (χ2n) is 3.72. The fourth-order valence-electron chi connectivity index (χ4n) is 1.68. The Morgan fingerprint density at radius 2 is 2.24 bits per heavy atom. The van der Waals surface area contributed by atoms with Crippen molar-refractivity contribution in [3.05, 3.63) is 35.4 Å². The van der Waals surface area contributed by atoms with Crippen LogP contribution >= 0.6 is 0 Å². The molecular weight excluding hydrogens is 232 g/mol. The van der Waals surface area contributed by atoms with E-state index in [1.165, 1.54) is 17.0 Å². The highest BCUT2D eigenvalue weighted by atomic mass is 19.2. The fourth-order valence-corrected chi connectivity index (χ4v) is 1.68. The van der Waals surface area contributed by atoms with Crippen molar-refractivity contribution in [3.8, 4) is 0 Å². The molecule has 1 unspecified atom stereocenters. The van der Waals surface area contributed by atoms with Crippen LogP contribution in [0.4, 0.5) is 13.6 Å². The summed E-state index contributed by atoms with van der Waals surface area (Å²) in [6.07, 6.45) is -1.82. The summed E-state index contributed by atoms with van der Waals surface area (Å²) in [5.41, 5.74) is -0.162. The molecule has 1 aromatic carbocycles. The summed E-state index contributed by atoms with van der Waals surface area (Å²) in [4.78, 5) is 12.4. The van der Waals surface area contributed by atoms with Crippen LogP contribution in [0.15, 0.2) is 18.2 Å². The first-order valence-electron chi connectivity index (χ1n) is 5.13. The van der Waals surface area contributed by atoms with Crippen molar-refractivity contribution in [1.82, 2.24) is 4.90 Å². The van der Waals surface area contributed by atoms with Crippen LogP contribution in [0.2, 0.25) is 0 Å². The number of carbonyl (C=O) groups is 1. The number of nitrogens with zero attached hydrogens (tertiary/aromatic N) is 1. The van der Waals surface area contributed by atoms with Gasteiger partial charge >= 0.3 is 6.09 Å². The highest BCUT2D eigenvalue weighted by Gasteiger charge is 2.26. The second kappa shape index (κ2) is 4.67. The van der Waals surface area contributed by atoms with E-state index >= 15 is 0 Å². The number of rotatable bonds is 3. The molecule has 0 spiro atoms. The van der Waals surface area contributed by atoms with E-state index in [1.807, 2.05) is 0 Å². The highest BCUT2D eigenvalue weighted by molar-refractivity contribution is 5.69. The molecule has 4 nitrogen and oxygen atoms in total. The summed E-state index contributed by atoms with van der Waals surface area (Å²) in [5, 5.41) is 9.75. The number of hydrogen-bond donors (Lipinski definition) is 1. The fraction of sp³-hybridized carbons (Fsp3) is 0.364. The third-order valence-corrected chi connectivity index (χ3v) is 2.58. The Morgan fingerprint density at radius 1 is 1.47 bits per heavy atom. The smallest absolute Gasteiger partial charge is 0.410 e. The minimum atomic E-state index is -1.27. The van der Waals surface area contributed by atoms with Crippen LogP contribution in [0.1, 0.15) is 11.7 Å². The van der Waals surface area contributed by atoms with Gasteiger partial charge in [0.15, 0.2) is 11.6 Å². The summed E-state index contributed by atoms with van der Waals surface area (Å²) >= 11 is 0. The zero-order valence-corrected chi connectivity index (χ0v) is 8.90. The number of ether oxygens (including phenoxy) is 1. The number of aliphatic hydroxyl groups excluding tert-OH is 1. The molecule has 0 aliphatic carbocycles. The SMILES string of the molecule is O=C1OCCN1CC(O)c1cccc(F)c1F. The van der Waals surface area contributed by atoms with Gasteiger partial charge in [-0.3, -0.25) is 0 Å². The molecule has 0 saturated carbocycles. The van der Waals surface area contributed by atoms with E-state index in [9.17, 15) is 18.7 Å². The lowest BCUT2D eigenvalue weighted by Crippen LogP contribution is -2.29. The molecule has 1 aliphatic heterocycles. The van der Waals surface area contributed by atoms with Crippen LogP contribution in [0.3, 0.4) is 0 Å². The predicted molar refractivity (Wildman–Crippen MR) is 54.2 cm³/mol. The van der Waals surface area contributed by atoms with E-state index in [1.54, 1.807) is 0 Å². The average molecular weight is 243 g/mol. The van der Waals surface area contributed by atoms with Crippen LogP contribution in [-0.4, -0.2) is 35.8 Å². The van der Waals surface area contributed by atoms with E-state index < -0.39 is 23.8 Å². The molecule has 1 amide bonds. The predicted octanol–water partition coefficient (Wildman–Crippen LogP) is 1.45. The number of amides is 1. The van der Waals surface area contributed by atoms with Crippen molar-refractivity contribution >= 4 is 6.09 Å². The van der Waals surface area contributed by atoms with E-state index in [2.05, 4.69) is 4.74 Å². The van der Waals surface area contributed by atoms with E-state index in [0.717, 1.165) is 6.07 Å². The van der Waals surface area contributed by atoms with Crippen molar-refractivity contribution in [2.45, 2.75) is 6.10 Å². The van der Waals surface area contributed by atoms with Gasteiger partial charge in [0.05, 0.1) is 19.2 Å². The Morgan fingerprint density at radius 3 is 2.88 bits per heavy atom. The summed E-state index contributed by atoms with van der Waals surface area (Å²) in [6.45, 7) is 0.475. The van der Waals surface area contributed by atoms with Crippen LogP contribution < -0.4 is 0 Å². The lowest BCUT2D eigenvalue weighted by atomic mass is 10.1. The molecule has 1 atom stereocenters. The molecule has 17 heavy (non-hydrogen) atoms. The third-order valence-electron chi connectivity index (χ3n) is 2.58. The first-order chi connectivity index (χ1) is 8.09. The zero-order chi connectivity index (χ0) is 12.4. The first-order valence-corrected chi connectivity index (χ1v) is 5.13. The van der Waals surface area contributed by atoms with Crippen LogP contribution in [-0.2, 0) is 4.74 Å². The van der Waals surface area contributed by atoms with Crippen molar-refractivity contribution in [2.24, 2.45) is 0 Å². The Bertz CT molecular complexity index is 439. The Labute approximate surface area is 96.4 Å². The van der Waals surface area contributed by atoms with Crippen molar-refractivity contribution in [2.75, 3.05) is 19.7 Å². The zero-order valence-electron chi connectivity index (χ0n) is 8.90. The monoisotopic (exact) mass is 243 g/mol. The number of cyclic esters (lactones) is 1. The van der Waals surface area contributed by atoms with Crippen LogP contribution in [0.5, 0.6) is 0 Å². The molecule has 1 saturated heterocycles. The van der Waals surface area contributed by atoms with Gasteiger partial charge < -0.3 is 14.7 Å². The maximum atomic E-state index is 13.4. The van der Waals surface area contributed by atoms with Gasteiger partial charge in [-0.2, -0.15) is 0 Å². The number of carbonyl (C=O) groups excluding carboxylic acids is 1. The maximum absolute atomic E-state index is 13.4. The second-order valence-corrected chi connectivity index (χ2v) is 3.72. The molecule has 92 valence electrons. The summed E-state index contributed by atoms with van der Waals surface area (Å²) in [7, 11) is 0. The van der Waals surface area contributed by atoms with Crippen LogP contribution in [0.25, 0.3) is 0 Å². The van der Waals surface area contributed by atoms with Gasteiger partial charge in [0.25, 0.3) is 0 Å². The quantitative estimate of drug-likeness (QED) is 0.874. The summed E-state index contributed by atoms with van der Waals surface area (Å²) in [6, 6.07) is 3.55. The molecule has 0 radical (unpaired) electrons. The third kappa shape index (κ3) is 2.36. The molecule has 0 bridgehead atoms. The highest BCUT2D eigenvalue weighted by Crippen LogP contribution is 2.21.